The van der Waals surface area contributed by atoms with Gasteiger partial charge < -0.3 is 9.84 Å². The second kappa shape index (κ2) is 7.42. The maximum Gasteiger partial charge on any atom is 0.220 e. The molecule has 1 amide bonds. The van der Waals surface area contributed by atoms with Crippen LogP contribution in [0, 0.1) is 12.3 Å². The van der Waals surface area contributed by atoms with Crippen LogP contribution >= 0.6 is 0 Å². The Morgan fingerprint density at radius 2 is 2.08 bits per heavy atom. The van der Waals surface area contributed by atoms with Crippen molar-refractivity contribution in [3.63, 3.8) is 0 Å². The van der Waals surface area contributed by atoms with E-state index < -0.39 is 0 Å². The summed E-state index contributed by atoms with van der Waals surface area (Å²) in [7, 11) is 0. The number of amides is 1. The van der Waals surface area contributed by atoms with Gasteiger partial charge in [-0.25, -0.2) is 0 Å². The molecular weight excluding hydrogens is 312 g/mol. The minimum atomic E-state index is 0.103. The molecule has 0 bridgehead atoms. The van der Waals surface area contributed by atoms with E-state index in [1.54, 1.807) is 0 Å². The van der Waals surface area contributed by atoms with E-state index in [0.717, 1.165) is 30.7 Å². The SMILES string of the molecule is Cc1cc(CCC(=O)NC2CCC(C)(C)CC2c2ccccc2)no1. The molecule has 0 saturated heterocycles. The molecule has 4 nitrogen and oxygen atoms in total. The quantitative estimate of drug-likeness (QED) is 0.878. The van der Waals surface area contributed by atoms with Crippen LogP contribution in [0.3, 0.4) is 0 Å². The molecule has 0 radical (unpaired) electrons. The number of rotatable bonds is 5. The third kappa shape index (κ3) is 4.71. The van der Waals surface area contributed by atoms with E-state index in [1.165, 1.54) is 5.56 Å². The summed E-state index contributed by atoms with van der Waals surface area (Å²) in [6, 6.07) is 12.7. The van der Waals surface area contributed by atoms with Gasteiger partial charge in [0, 0.05) is 30.9 Å². The van der Waals surface area contributed by atoms with E-state index in [0.29, 0.717) is 24.2 Å². The average molecular weight is 340 g/mol. The molecule has 2 unspecified atom stereocenters. The number of hydrogen-bond donors (Lipinski definition) is 1. The summed E-state index contributed by atoms with van der Waals surface area (Å²) in [6.07, 6.45) is 4.35. The summed E-state index contributed by atoms with van der Waals surface area (Å²) in [6.45, 7) is 6.52. The summed E-state index contributed by atoms with van der Waals surface area (Å²) < 4.78 is 5.06. The van der Waals surface area contributed by atoms with E-state index in [2.05, 4.69) is 48.6 Å². The number of nitrogens with zero attached hydrogens (tertiary/aromatic N) is 1. The second-order valence-electron chi connectivity index (χ2n) is 8.03. The van der Waals surface area contributed by atoms with E-state index in [9.17, 15) is 4.79 Å². The maximum absolute atomic E-state index is 12.5. The lowest BCUT2D eigenvalue weighted by Crippen LogP contribution is -2.44. The molecule has 1 aromatic carbocycles. The fourth-order valence-electron chi connectivity index (χ4n) is 3.87. The number of nitrogens with one attached hydrogen (secondary N) is 1. The van der Waals surface area contributed by atoms with Gasteiger partial charge in [0.2, 0.25) is 5.91 Å². The van der Waals surface area contributed by atoms with E-state index >= 15 is 0 Å². The van der Waals surface area contributed by atoms with Gasteiger partial charge in [-0.3, -0.25) is 4.79 Å². The van der Waals surface area contributed by atoms with Crippen molar-refractivity contribution in [3.05, 3.63) is 53.4 Å². The Morgan fingerprint density at radius 1 is 1.32 bits per heavy atom. The molecule has 1 N–H and O–H groups in total. The van der Waals surface area contributed by atoms with Crippen LogP contribution in [0.2, 0.25) is 0 Å². The van der Waals surface area contributed by atoms with Gasteiger partial charge >= 0.3 is 0 Å². The first kappa shape index (κ1) is 17.7. The number of aromatic nitrogens is 1. The van der Waals surface area contributed by atoms with Gasteiger partial charge in [-0.1, -0.05) is 49.3 Å². The topological polar surface area (TPSA) is 55.1 Å². The van der Waals surface area contributed by atoms with E-state index in [1.807, 2.05) is 19.1 Å². The van der Waals surface area contributed by atoms with Crippen molar-refractivity contribution >= 4 is 5.91 Å². The Balaban J connectivity index is 1.63. The van der Waals surface area contributed by atoms with Crippen LogP contribution in [0.1, 0.15) is 62.5 Å². The highest BCUT2D eigenvalue weighted by Gasteiger charge is 2.36. The third-order valence-electron chi connectivity index (χ3n) is 5.25. The van der Waals surface area contributed by atoms with Crippen LogP contribution < -0.4 is 5.32 Å². The maximum atomic E-state index is 12.5. The van der Waals surface area contributed by atoms with Gasteiger partial charge in [0.25, 0.3) is 0 Å². The van der Waals surface area contributed by atoms with Crippen molar-refractivity contribution in [3.8, 4) is 0 Å². The molecule has 1 aliphatic rings. The molecule has 1 aliphatic carbocycles. The first-order chi connectivity index (χ1) is 11.9. The Kier molecular flexibility index (Phi) is 5.26. The lowest BCUT2D eigenvalue weighted by Gasteiger charge is -2.41. The first-order valence-corrected chi connectivity index (χ1v) is 9.19. The first-order valence-electron chi connectivity index (χ1n) is 9.19. The zero-order chi connectivity index (χ0) is 17.9. The number of carbonyl (C=O) groups excluding carboxylic acids is 1. The number of hydrogen-bond acceptors (Lipinski definition) is 3. The van der Waals surface area contributed by atoms with Gasteiger partial charge in [0.1, 0.15) is 5.76 Å². The number of aryl methyl sites for hydroxylation is 2. The summed E-state index contributed by atoms with van der Waals surface area (Å²) in [5.41, 5.74) is 2.49. The number of benzene rings is 1. The smallest absolute Gasteiger partial charge is 0.220 e. The molecule has 1 heterocycles. The fraction of sp³-hybridized carbons (Fsp3) is 0.524. The predicted molar refractivity (Wildman–Crippen MR) is 98.3 cm³/mol. The van der Waals surface area contributed by atoms with Crippen LogP contribution in [0.5, 0.6) is 0 Å². The third-order valence-corrected chi connectivity index (χ3v) is 5.25. The average Bonchev–Trinajstić information content (AvgIpc) is 3.01. The minimum absolute atomic E-state index is 0.103. The molecular formula is C21H28N2O2. The Morgan fingerprint density at radius 3 is 2.76 bits per heavy atom. The highest BCUT2D eigenvalue weighted by molar-refractivity contribution is 5.76. The van der Waals surface area contributed by atoms with Crippen molar-refractivity contribution in [2.24, 2.45) is 5.41 Å². The Bertz CT molecular complexity index is 706. The van der Waals surface area contributed by atoms with Gasteiger partial charge in [-0.05, 0) is 37.2 Å². The predicted octanol–water partition coefficient (Wildman–Crippen LogP) is 4.39. The highest BCUT2D eigenvalue weighted by atomic mass is 16.5. The lowest BCUT2D eigenvalue weighted by molar-refractivity contribution is -0.122. The lowest BCUT2D eigenvalue weighted by atomic mass is 9.68. The van der Waals surface area contributed by atoms with Crippen molar-refractivity contribution in [2.45, 2.75) is 64.8 Å². The normalized spacial score (nSPS) is 22.5. The summed E-state index contributed by atoms with van der Waals surface area (Å²) >= 11 is 0. The van der Waals surface area contributed by atoms with Crippen LogP contribution in [0.15, 0.2) is 40.9 Å². The minimum Gasteiger partial charge on any atom is -0.361 e. The molecule has 3 rings (SSSR count). The molecule has 2 aromatic rings. The highest BCUT2D eigenvalue weighted by Crippen LogP contribution is 2.43. The largest absolute Gasteiger partial charge is 0.361 e. The van der Waals surface area contributed by atoms with E-state index in [-0.39, 0.29) is 11.9 Å². The zero-order valence-electron chi connectivity index (χ0n) is 15.4. The molecule has 0 aliphatic heterocycles. The fourth-order valence-corrected chi connectivity index (χ4v) is 3.87. The van der Waals surface area contributed by atoms with Gasteiger partial charge in [0.05, 0.1) is 5.69 Å². The summed E-state index contributed by atoms with van der Waals surface area (Å²) in [5, 5.41) is 7.25. The molecule has 25 heavy (non-hydrogen) atoms. The second-order valence-corrected chi connectivity index (χ2v) is 8.03. The van der Waals surface area contributed by atoms with E-state index in [4.69, 9.17) is 4.52 Å². The van der Waals surface area contributed by atoms with Crippen LogP contribution in [0.4, 0.5) is 0 Å². The summed E-state index contributed by atoms with van der Waals surface area (Å²) in [4.78, 5) is 12.5. The zero-order valence-corrected chi connectivity index (χ0v) is 15.4. The molecule has 1 saturated carbocycles. The molecule has 1 aromatic heterocycles. The van der Waals surface area contributed by atoms with Gasteiger partial charge in [-0.15, -0.1) is 0 Å². The molecule has 4 heteroatoms. The van der Waals surface area contributed by atoms with Crippen molar-refractivity contribution < 1.29 is 9.32 Å². The van der Waals surface area contributed by atoms with Crippen molar-refractivity contribution in [2.75, 3.05) is 0 Å². The summed E-state index contributed by atoms with van der Waals surface area (Å²) in [5.74, 6) is 1.27. The van der Waals surface area contributed by atoms with Crippen molar-refractivity contribution in [1.29, 1.82) is 0 Å². The van der Waals surface area contributed by atoms with Crippen molar-refractivity contribution in [1.82, 2.24) is 10.5 Å². The molecule has 0 spiro atoms. The Hall–Kier alpha value is -2.10. The van der Waals surface area contributed by atoms with Crippen LogP contribution in [0.25, 0.3) is 0 Å². The Labute approximate surface area is 150 Å². The molecule has 134 valence electrons. The molecule has 1 fully saturated rings. The standard InChI is InChI=1S/C21H28N2O2/c1-15-13-17(23-25-15)9-10-20(24)22-19-11-12-21(2,3)14-18(19)16-7-5-4-6-8-16/h4-8,13,18-19H,9-12,14H2,1-3H3,(H,22,24). The van der Waals surface area contributed by atoms with Crippen LogP contribution in [-0.4, -0.2) is 17.1 Å². The van der Waals surface area contributed by atoms with Crippen LogP contribution in [-0.2, 0) is 11.2 Å². The monoisotopic (exact) mass is 340 g/mol. The molecule has 2 atom stereocenters. The van der Waals surface area contributed by atoms with Gasteiger partial charge in [0.15, 0.2) is 0 Å². The van der Waals surface area contributed by atoms with Gasteiger partial charge in [-0.2, -0.15) is 0 Å². The number of carbonyl (C=O) groups is 1.